The number of hydrogen-bond donors (Lipinski definition) is 0. The van der Waals surface area contributed by atoms with Crippen molar-refractivity contribution >= 4 is 17.7 Å². The van der Waals surface area contributed by atoms with Gasteiger partial charge in [0.05, 0.1) is 24.1 Å². The van der Waals surface area contributed by atoms with E-state index in [9.17, 15) is 9.59 Å². The minimum atomic E-state index is -0.379. The molecular formula is C21H25N3O4. The lowest BCUT2D eigenvalue weighted by molar-refractivity contribution is 0.0526. The molecule has 0 aliphatic carbocycles. The number of rotatable bonds is 5. The molecule has 1 fully saturated rings. The minimum absolute atomic E-state index is 0.269. The lowest BCUT2D eigenvalue weighted by atomic mass is 10.2. The minimum Gasteiger partial charge on any atom is -0.462 e. The molecule has 0 spiro atoms. The fraction of sp³-hybridized carbons (Fsp3) is 0.381. The number of carbonyl (C=O) groups excluding carboxylic acids is 2. The maximum atomic E-state index is 12.3. The molecule has 0 bridgehead atoms. The average Bonchev–Trinajstić information content (AvgIpc) is 2.73. The van der Waals surface area contributed by atoms with Crippen LogP contribution in [0.5, 0.6) is 0 Å². The molecule has 3 rings (SSSR count). The fourth-order valence-electron chi connectivity index (χ4n) is 2.99. The van der Waals surface area contributed by atoms with Crippen LogP contribution in [0.1, 0.15) is 28.4 Å². The van der Waals surface area contributed by atoms with Gasteiger partial charge in [0.15, 0.2) is 0 Å². The molecule has 0 radical (unpaired) electrons. The Hall–Kier alpha value is -3.09. The molecule has 7 heteroatoms. The quantitative estimate of drug-likeness (QED) is 0.739. The van der Waals surface area contributed by atoms with Crippen LogP contribution in [0, 0.1) is 6.92 Å². The summed E-state index contributed by atoms with van der Waals surface area (Å²) in [5.74, 6) is -0.379. The number of anilines is 1. The van der Waals surface area contributed by atoms with Crippen molar-refractivity contribution in [1.29, 1.82) is 0 Å². The number of nitrogens with zero attached hydrogens (tertiary/aromatic N) is 3. The van der Waals surface area contributed by atoms with Crippen LogP contribution in [-0.4, -0.2) is 54.7 Å². The van der Waals surface area contributed by atoms with Gasteiger partial charge in [-0.2, -0.15) is 0 Å². The van der Waals surface area contributed by atoms with Gasteiger partial charge in [0.2, 0.25) is 0 Å². The number of aryl methyl sites for hydroxylation is 1. The Morgan fingerprint density at radius 1 is 1.04 bits per heavy atom. The predicted octanol–water partition coefficient (Wildman–Crippen LogP) is 3.03. The molecule has 1 saturated heterocycles. The summed E-state index contributed by atoms with van der Waals surface area (Å²) >= 11 is 0. The lowest BCUT2D eigenvalue weighted by Gasteiger charge is -2.35. The first-order valence-corrected chi connectivity index (χ1v) is 9.41. The van der Waals surface area contributed by atoms with Crippen molar-refractivity contribution in [2.75, 3.05) is 37.7 Å². The van der Waals surface area contributed by atoms with E-state index in [-0.39, 0.29) is 18.7 Å². The molecule has 2 aromatic rings. The second-order valence-corrected chi connectivity index (χ2v) is 6.67. The molecular weight excluding hydrogens is 358 g/mol. The van der Waals surface area contributed by atoms with Crippen LogP contribution in [0.15, 0.2) is 42.7 Å². The molecule has 7 nitrogen and oxygen atoms in total. The van der Waals surface area contributed by atoms with E-state index in [0.29, 0.717) is 38.3 Å². The molecule has 1 aliphatic rings. The number of esters is 1. The first-order chi connectivity index (χ1) is 13.6. The van der Waals surface area contributed by atoms with E-state index >= 15 is 0 Å². The van der Waals surface area contributed by atoms with Gasteiger partial charge in [0, 0.05) is 32.4 Å². The highest BCUT2D eigenvalue weighted by Crippen LogP contribution is 2.18. The topological polar surface area (TPSA) is 72.0 Å². The Bertz CT molecular complexity index is 815. The van der Waals surface area contributed by atoms with E-state index in [1.54, 1.807) is 24.1 Å². The normalized spacial score (nSPS) is 13.9. The smallest absolute Gasteiger partial charge is 0.410 e. The zero-order valence-corrected chi connectivity index (χ0v) is 16.3. The SMILES string of the molecule is CCOC(=O)c1cncc(N2CCN(C(=O)OCc3ccc(C)cc3)CC2)c1. The third kappa shape index (κ3) is 5.00. The van der Waals surface area contributed by atoms with Crippen LogP contribution in [-0.2, 0) is 16.1 Å². The summed E-state index contributed by atoms with van der Waals surface area (Å²) in [6, 6.07) is 9.70. The van der Waals surface area contributed by atoms with E-state index in [1.807, 2.05) is 31.2 Å². The number of ether oxygens (including phenoxy) is 2. The van der Waals surface area contributed by atoms with Crippen molar-refractivity contribution in [3.63, 3.8) is 0 Å². The van der Waals surface area contributed by atoms with Crippen molar-refractivity contribution in [1.82, 2.24) is 9.88 Å². The number of hydrogen-bond acceptors (Lipinski definition) is 6. The van der Waals surface area contributed by atoms with E-state index in [2.05, 4.69) is 9.88 Å². The van der Waals surface area contributed by atoms with Crippen molar-refractivity contribution in [2.45, 2.75) is 20.5 Å². The Morgan fingerprint density at radius 2 is 1.75 bits per heavy atom. The Labute approximate surface area is 164 Å². The Morgan fingerprint density at radius 3 is 2.43 bits per heavy atom. The number of carbonyl (C=O) groups is 2. The van der Waals surface area contributed by atoms with Gasteiger partial charge in [-0.1, -0.05) is 29.8 Å². The zero-order valence-electron chi connectivity index (χ0n) is 16.3. The van der Waals surface area contributed by atoms with Crippen LogP contribution in [0.4, 0.5) is 10.5 Å². The van der Waals surface area contributed by atoms with Crippen LogP contribution in [0.2, 0.25) is 0 Å². The molecule has 1 aromatic heterocycles. The zero-order chi connectivity index (χ0) is 19.9. The molecule has 0 saturated carbocycles. The molecule has 0 atom stereocenters. The number of pyridine rings is 1. The summed E-state index contributed by atoms with van der Waals surface area (Å²) in [6.45, 7) is 6.78. The van der Waals surface area contributed by atoms with Gasteiger partial charge >= 0.3 is 12.1 Å². The van der Waals surface area contributed by atoms with E-state index in [1.165, 1.54) is 11.8 Å². The highest BCUT2D eigenvalue weighted by molar-refractivity contribution is 5.90. The number of amides is 1. The van der Waals surface area contributed by atoms with Gasteiger partial charge < -0.3 is 19.3 Å². The predicted molar refractivity (Wildman–Crippen MR) is 105 cm³/mol. The number of benzene rings is 1. The van der Waals surface area contributed by atoms with Gasteiger partial charge in [-0.05, 0) is 25.5 Å². The van der Waals surface area contributed by atoms with Crippen LogP contribution in [0.3, 0.4) is 0 Å². The molecule has 0 unspecified atom stereocenters. The van der Waals surface area contributed by atoms with Crippen molar-refractivity contribution in [2.24, 2.45) is 0 Å². The second-order valence-electron chi connectivity index (χ2n) is 6.67. The monoisotopic (exact) mass is 383 g/mol. The van der Waals surface area contributed by atoms with E-state index in [0.717, 1.165) is 11.3 Å². The summed E-state index contributed by atoms with van der Waals surface area (Å²) < 4.78 is 10.4. The highest BCUT2D eigenvalue weighted by Gasteiger charge is 2.23. The molecule has 1 amide bonds. The first-order valence-electron chi connectivity index (χ1n) is 9.41. The van der Waals surface area contributed by atoms with Gasteiger partial charge in [0.25, 0.3) is 0 Å². The van der Waals surface area contributed by atoms with E-state index in [4.69, 9.17) is 9.47 Å². The molecule has 1 aliphatic heterocycles. The maximum absolute atomic E-state index is 12.3. The second kappa shape index (κ2) is 9.21. The van der Waals surface area contributed by atoms with Crippen molar-refractivity contribution < 1.29 is 19.1 Å². The number of piperazine rings is 1. The number of aromatic nitrogens is 1. The van der Waals surface area contributed by atoms with Gasteiger partial charge in [-0.3, -0.25) is 4.98 Å². The molecule has 1 aromatic carbocycles. The molecule has 0 N–H and O–H groups in total. The summed E-state index contributed by atoms with van der Waals surface area (Å²) in [6.07, 6.45) is 2.91. The van der Waals surface area contributed by atoms with Crippen LogP contribution >= 0.6 is 0 Å². The standard InChI is InChI=1S/C21H25N3O4/c1-3-27-20(25)18-12-19(14-22-13-18)23-8-10-24(11-9-23)21(26)28-15-17-6-4-16(2)5-7-17/h4-7,12-14H,3,8-11,15H2,1-2H3. The molecule has 2 heterocycles. The molecule has 28 heavy (non-hydrogen) atoms. The van der Waals surface area contributed by atoms with Crippen LogP contribution in [0.25, 0.3) is 0 Å². The summed E-state index contributed by atoms with van der Waals surface area (Å²) in [5.41, 5.74) is 3.42. The summed E-state index contributed by atoms with van der Waals surface area (Å²) in [5, 5.41) is 0. The largest absolute Gasteiger partial charge is 0.462 e. The van der Waals surface area contributed by atoms with Gasteiger partial charge in [-0.25, -0.2) is 9.59 Å². The third-order valence-electron chi connectivity index (χ3n) is 4.62. The van der Waals surface area contributed by atoms with E-state index < -0.39 is 0 Å². The molecule has 148 valence electrons. The van der Waals surface area contributed by atoms with Crippen LogP contribution < -0.4 is 4.90 Å². The van der Waals surface area contributed by atoms with Crippen molar-refractivity contribution in [3.05, 3.63) is 59.4 Å². The van der Waals surface area contributed by atoms with Crippen molar-refractivity contribution in [3.8, 4) is 0 Å². The highest BCUT2D eigenvalue weighted by atomic mass is 16.6. The van der Waals surface area contributed by atoms with Gasteiger partial charge in [0.1, 0.15) is 6.61 Å². The Balaban J connectivity index is 1.51. The summed E-state index contributed by atoms with van der Waals surface area (Å²) in [7, 11) is 0. The maximum Gasteiger partial charge on any atom is 0.410 e. The average molecular weight is 383 g/mol. The summed E-state index contributed by atoms with van der Waals surface area (Å²) in [4.78, 5) is 32.1. The fourth-order valence-corrected chi connectivity index (χ4v) is 2.99. The first kappa shape index (κ1) is 19.7. The Kier molecular flexibility index (Phi) is 6.47. The third-order valence-corrected chi connectivity index (χ3v) is 4.62. The lowest BCUT2D eigenvalue weighted by Crippen LogP contribution is -2.49. The van der Waals surface area contributed by atoms with Gasteiger partial charge in [-0.15, -0.1) is 0 Å².